The lowest BCUT2D eigenvalue weighted by Gasteiger charge is -2.37. The highest BCUT2D eigenvalue weighted by molar-refractivity contribution is 5.18. The molecule has 2 rings (SSSR count). The van der Waals surface area contributed by atoms with Gasteiger partial charge in [-0.25, -0.2) is 4.39 Å². The monoisotopic (exact) mass is 265 g/mol. The zero-order chi connectivity index (χ0) is 13.6. The summed E-state index contributed by atoms with van der Waals surface area (Å²) >= 11 is 0. The highest BCUT2D eigenvalue weighted by Gasteiger charge is 2.32. The van der Waals surface area contributed by atoms with Crippen LogP contribution in [-0.2, 0) is 11.2 Å². The molecule has 0 amide bonds. The summed E-state index contributed by atoms with van der Waals surface area (Å²) < 4.78 is 18.8. The second-order valence-corrected chi connectivity index (χ2v) is 5.60. The molecule has 1 heterocycles. The molecule has 1 aliphatic rings. The molecular weight excluding hydrogens is 241 g/mol. The van der Waals surface area contributed by atoms with Crippen molar-refractivity contribution in [2.24, 2.45) is 5.41 Å². The molecule has 3 heteroatoms. The van der Waals surface area contributed by atoms with Crippen LogP contribution in [0.15, 0.2) is 24.3 Å². The highest BCUT2D eigenvalue weighted by atomic mass is 19.1. The fourth-order valence-electron chi connectivity index (χ4n) is 2.83. The zero-order valence-corrected chi connectivity index (χ0v) is 11.8. The first kappa shape index (κ1) is 14.5. The van der Waals surface area contributed by atoms with Crippen molar-refractivity contribution in [1.29, 1.82) is 0 Å². The summed E-state index contributed by atoms with van der Waals surface area (Å²) in [4.78, 5) is 0. The van der Waals surface area contributed by atoms with Gasteiger partial charge in [-0.05, 0) is 55.3 Å². The van der Waals surface area contributed by atoms with E-state index in [1.807, 2.05) is 6.07 Å². The summed E-state index contributed by atoms with van der Waals surface area (Å²) in [6.45, 7) is 5.87. The van der Waals surface area contributed by atoms with E-state index in [-0.39, 0.29) is 11.2 Å². The van der Waals surface area contributed by atoms with Crippen molar-refractivity contribution in [3.05, 3.63) is 35.6 Å². The average Bonchev–Trinajstić information content (AvgIpc) is 2.40. The minimum atomic E-state index is -0.138. The van der Waals surface area contributed by atoms with Crippen molar-refractivity contribution in [1.82, 2.24) is 5.32 Å². The number of rotatable bonds is 6. The molecule has 1 aliphatic heterocycles. The molecule has 19 heavy (non-hydrogen) atoms. The lowest BCUT2D eigenvalue weighted by atomic mass is 9.75. The van der Waals surface area contributed by atoms with Crippen LogP contribution in [-0.4, -0.2) is 26.3 Å². The predicted octanol–water partition coefficient (Wildman–Crippen LogP) is 3.16. The highest BCUT2D eigenvalue weighted by Crippen LogP contribution is 2.33. The maximum Gasteiger partial charge on any atom is 0.123 e. The molecule has 0 aromatic heterocycles. The van der Waals surface area contributed by atoms with Crippen molar-refractivity contribution in [2.45, 2.75) is 32.6 Å². The Hall–Kier alpha value is -0.930. The van der Waals surface area contributed by atoms with E-state index in [2.05, 4.69) is 12.2 Å². The van der Waals surface area contributed by atoms with Crippen LogP contribution in [0.1, 0.15) is 31.7 Å². The van der Waals surface area contributed by atoms with Crippen LogP contribution >= 0.6 is 0 Å². The molecule has 0 saturated carbocycles. The second-order valence-electron chi connectivity index (χ2n) is 5.60. The Morgan fingerprint density at radius 3 is 2.79 bits per heavy atom. The fraction of sp³-hybridized carbons (Fsp3) is 0.625. The number of hydrogen-bond donors (Lipinski definition) is 1. The molecule has 0 atom stereocenters. The Labute approximate surface area is 115 Å². The van der Waals surface area contributed by atoms with Gasteiger partial charge in [0, 0.05) is 19.8 Å². The summed E-state index contributed by atoms with van der Waals surface area (Å²) in [6, 6.07) is 7.00. The first-order valence-electron chi connectivity index (χ1n) is 7.27. The van der Waals surface area contributed by atoms with Crippen LogP contribution in [0.2, 0.25) is 0 Å². The molecule has 0 unspecified atom stereocenters. The molecule has 1 fully saturated rings. The molecule has 1 N–H and O–H groups in total. The number of ether oxygens (including phenoxy) is 1. The lowest BCUT2D eigenvalue weighted by Crippen LogP contribution is -2.41. The van der Waals surface area contributed by atoms with E-state index in [4.69, 9.17) is 4.74 Å². The predicted molar refractivity (Wildman–Crippen MR) is 75.8 cm³/mol. The normalized spacial score (nSPS) is 18.4. The van der Waals surface area contributed by atoms with Crippen LogP contribution in [0.25, 0.3) is 0 Å². The summed E-state index contributed by atoms with van der Waals surface area (Å²) in [7, 11) is 0. The zero-order valence-electron chi connectivity index (χ0n) is 11.8. The molecule has 1 aromatic rings. The molecular formula is C16H24FNO. The van der Waals surface area contributed by atoms with Crippen molar-refractivity contribution >= 4 is 0 Å². The van der Waals surface area contributed by atoms with Gasteiger partial charge in [-0.3, -0.25) is 0 Å². The van der Waals surface area contributed by atoms with Gasteiger partial charge in [0.05, 0.1) is 0 Å². The van der Waals surface area contributed by atoms with Crippen LogP contribution in [0, 0.1) is 11.2 Å². The number of nitrogens with one attached hydrogen (secondary N) is 1. The van der Waals surface area contributed by atoms with Crippen LogP contribution < -0.4 is 5.32 Å². The second kappa shape index (κ2) is 7.01. The number of benzene rings is 1. The van der Waals surface area contributed by atoms with E-state index in [9.17, 15) is 4.39 Å². The molecule has 0 spiro atoms. The molecule has 1 saturated heterocycles. The first-order valence-corrected chi connectivity index (χ1v) is 7.27. The summed E-state index contributed by atoms with van der Waals surface area (Å²) in [5.74, 6) is -0.138. The van der Waals surface area contributed by atoms with E-state index >= 15 is 0 Å². The van der Waals surface area contributed by atoms with E-state index in [1.54, 1.807) is 12.1 Å². The molecule has 0 radical (unpaired) electrons. The van der Waals surface area contributed by atoms with Gasteiger partial charge >= 0.3 is 0 Å². The van der Waals surface area contributed by atoms with Crippen LogP contribution in [0.4, 0.5) is 4.39 Å². The SMILES string of the molecule is CCCNCC1(Cc2cccc(F)c2)CCOCC1. The van der Waals surface area contributed by atoms with Gasteiger partial charge in [0.2, 0.25) is 0 Å². The van der Waals surface area contributed by atoms with Gasteiger partial charge in [-0.15, -0.1) is 0 Å². The van der Waals surface area contributed by atoms with Crippen molar-refractivity contribution < 1.29 is 9.13 Å². The molecule has 0 aliphatic carbocycles. The third kappa shape index (κ3) is 4.29. The first-order chi connectivity index (χ1) is 9.24. The summed E-state index contributed by atoms with van der Waals surface area (Å²) in [5.41, 5.74) is 1.32. The molecule has 1 aromatic carbocycles. The fourth-order valence-corrected chi connectivity index (χ4v) is 2.83. The Morgan fingerprint density at radius 2 is 2.11 bits per heavy atom. The largest absolute Gasteiger partial charge is 0.381 e. The van der Waals surface area contributed by atoms with Crippen LogP contribution in [0.3, 0.4) is 0 Å². The Balaban J connectivity index is 2.04. The van der Waals surface area contributed by atoms with Gasteiger partial charge in [-0.1, -0.05) is 19.1 Å². The third-order valence-electron chi connectivity index (χ3n) is 3.95. The Morgan fingerprint density at radius 1 is 1.32 bits per heavy atom. The number of hydrogen-bond acceptors (Lipinski definition) is 2. The Kier molecular flexibility index (Phi) is 5.34. The van der Waals surface area contributed by atoms with Crippen molar-refractivity contribution in [2.75, 3.05) is 26.3 Å². The van der Waals surface area contributed by atoms with E-state index in [1.165, 1.54) is 6.07 Å². The average molecular weight is 265 g/mol. The van der Waals surface area contributed by atoms with Gasteiger partial charge in [0.1, 0.15) is 5.82 Å². The lowest BCUT2D eigenvalue weighted by molar-refractivity contribution is 0.0150. The minimum Gasteiger partial charge on any atom is -0.381 e. The van der Waals surface area contributed by atoms with Gasteiger partial charge in [0.15, 0.2) is 0 Å². The van der Waals surface area contributed by atoms with E-state index in [0.717, 1.165) is 57.6 Å². The quantitative estimate of drug-likeness (QED) is 0.798. The van der Waals surface area contributed by atoms with Gasteiger partial charge in [0.25, 0.3) is 0 Å². The molecule has 106 valence electrons. The van der Waals surface area contributed by atoms with E-state index < -0.39 is 0 Å². The number of halogens is 1. The van der Waals surface area contributed by atoms with Gasteiger partial charge < -0.3 is 10.1 Å². The maximum absolute atomic E-state index is 13.3. The summed E-state index contributed by atoms with van der Waals surface area (Å²) in [6.07, 6.45) is 4.19. The molecule has 0 bridgehead atoms. The van der Waals surface area contributed by atoms with Gasteiger partial charge in [-0.2, -0.15) is 0 Å². The van der Waals surface area contributed by atoms with Crippen LogP contribution in [0.5, 0.6) is 0 Å². The summed E-state index contributed by atoms with van der Waals surface area (Å²) in [5, 5.41) is 3.53. The standard InChI is InChI=1S/C16H24FNO/c1-2-8-18-13-16(6-9-19-10-7-16)12-14-4-3-5-15(17)11-14/h3-5,11,18H,2,6-10,12-13H2,1H3. The Bertz CT molecular complexity index is 388. The third-order valence-corrected chi connectivity index (χ3v) is 3.95. The molecule has 2 nitrogen and oxygen atoms in total. The topological polar surface area (TPSA) is 21.3 Å². The van der Waals surface area contributed by atoms with Crippen molar-refractivity contribution in [3.8, 4) is 0 Å². The van der Waals surface area contributed by atoms with Crippen molar-refractivity contribution in [3.63, 3.8) is 0 Å². The smallest absolute Gasteiger partial charge is 0.123 e. The minimum absolute atomic E-state index is 0.138. The van der Waals surface area contributed by atoms with E-state index in [0.29, 0.717) is 0 Å². The maximum atomic E-state index is 13.3.